The summed E-state index contributed by atoms with van der Waals surface area (Å²) in [7, 11) is 0. The van der Waals surface area contributed by atoms with Crippen LogP contribution in [0.4, 0.5) is 5.69 Å². The number of fused-ring (bicyclic) bond motifs is 5. The minimum atomic E-state index is -0.0583. The molecule has 5 rings (SSSR count). The number of rotatable bonds is 4. The lowest BCUT2D eigenvalue weighted by Gasteiger charge is -2.17. The van der Waals surface area contributed by atoms with Gasteiger partial charge in [0.15, 0.2) is 10.8 Å². The van der Waals surface area contributed by atoms with Gasteiger partial charge in [0.25, 0.3) is 0 Å². The van der Waals surface area contributed by atoms with Crippen LogP contribution < -0.4 is 5.32 Å². The number of aryl methyl sites for hydroxylation is 2. The molecule has 0 aliphatic heterocycles. The number of hydrogen-bond acceptors (Lipinski definition) is 6. The van der Waals surface area contributed by atoms with E-state index in [0.717, 1.165) is 45.9 Å². The number of thioether (sulfide) groups is 1. The van der Waals surface area contributed by atoms with Crippen LogP contribution in [0.25, 0.3) is 15.9 Å². The van der Waals surface area contributed by atoms with Gasteiger partial charge in [0.2, 0.25) is 5.91 Å². The average molecular weight is 424 g/mol. The third-order valence-electron chi connectivity index (χ3n) is 5.42. The minimum Gasteiger partial charge on any atom is -0.325 e. The third kappa shape index (κ3) is 3.40. The summed E-state index contributed by atoms with van der Waals surface area (Å²) in [4.78, 5) is 19.5. The lowest BCUT2D eigenvalue weighted by atomic mass is 9.89. The molecule has 1 aliphatic carbocycles. The van der Waals surface area contributed by atoms with Crippen LogP contribution in [0.1, 0.15) is 29.3 Å². The van der Waals surface area contributed by atoms with Gasteiger partial charge < -0.3 is 5.32 Å². The highest BCUT2D eigenvalue weighted by Crippen LogP contribution is 2.39. The van der Waals surface area contributed by atoms with Crippen LogP contribution in [-0.4, -0.2) is 31.2 Å². The number of para-hydroxylation sites is 1. The van der Waals surface area contributed by atoms with E-state index in [1.807, 2.05) is 35.6 Å². The fraction of sp³-hybridized carbons (Fsp3) is 0.333. The van der Waals surface area contributed by atoms with Gasteiger partial charge in [0.05, 0.1) is 11.1 Å². The molecule has 0 spiro atoms. The van der Waals surface area contributed by atoms with Crippen LogP contribution >= 0.6 is 23.1 Å². The molecule has 29 heavy (non-hydrogen) atoms. The molecule has 148 valence electrons. The van der Waals surface area contributed by atoms with E-state index in [9.17, 15) is 4.79 Å². The van der Waals surface area contributed by atoms with Crippen molar-refractivity contribution in [3.8, 4) is 0 Å². The number of benzene rings is 1. The first-order valence-corrected chi connectivity index (χ1v) is 11.5. The van der Waals surface area contributed by atoms with Crippen LogP contribution in [-0.2, 0) is 17.6 Å². The van der Waals surface area contributed by atoms with Crippen LogP contribution in [0.3, 0.4) is 0 Å². The largest absolute Gasteiger partial charge is 0.325 e. The van der Waals surface area contributed by atoms with E-state index in [2.05, 4.69) is 27.4 Å². The fourth-order valence-electron chi connectivity index (χ4n) is 3.85. The molecule has 1 N–H and O–H groups in total. The first-order chi connectivity index (χ1) is 14.1. The molecule has 1 atom stereocenters. The molecule has 4 aromatic rings. The second-order valence-corrected chi connectivity index (χ2v) is 9.63. The van der Waals surface area contributed by atoms with Crippen molar-refractivity contribution in [2.24, 2.45) is 5.92 Å². The first kappa shape index (κ1) is 18.6. The summed E-state index contributed by atoms with van der Waals surface area (Å²) in [6.45, 7) is 4.29. The molecule has 0 saturated carbocycles. The van der Waals surface area contributed by atoms with Crippen molar-refractivity contribution < 1.29 is 4.79 Å². The highest BCUT2D eigenvalue weighted by Gasteiger charge is 2.24. The van der Waals surface area contributed by atoms with E-state index in [1.165, 1.54) is 28.6 Å². The average Bonchev–Trinajstić information content (AvgIpc) is 3.28. The van der Waals surface area contributed by atoms with Crippen molar-refractivity contribution >= 4 is 50.6 Å². The molecule has 0 bridgehead atoms. The smallest absolute Gasteiger partial charge is 0.234 e. The van der Waals surface area contributed by atoms with E-state index >= 15 is 0 Å². The Morgan fingerprint density at radius 3 is 3.07 bits per heavy atom. The Hall–Kier alpha value is -2.45. The van der Waals surface area contributed by atoms with Crippen molar-refractivity contribution in [3.63, 3.8) is 0 Å². The fourth-order valence-corrected chi connectivity index (χ4v) is 5.90. The van der Waals surface area contributed by atoms with Gasteiger partial charge in [0.1, 0.15) is 11.2 Å². The summed E-state index contributed by atoms with van der Waals surface area (Å²) in [6.07, 6.45) is 5.18. The number of thiophene rings is 1. The summed E-state index contributed by atoms with van der Waals surface area (Å²) >= 11 is 3.16. The van der Waals surface area contributed by atoms with E-state index in [-0.39, 0.29) is 11.7 Å². The Kier molecular flexibility index (Phi) is 4.75. The Morgan fingerprint density at radius 1 is 1.34 bits per heavy atom. The zero-order valence-corrected chi connectivity index (χ0v) is 17.9. The number of amides is 1. The van der Waals surface area contributed by atoms with E-state index in [0.29, 0.717) is 5.16 Å². The highest BCUT2D eigenvalue weighted by atomic mass is 32.2. The quantitative estimate of drug-likeness (QED) is 0.489. The number of carbonyl (C=O) groups excluding carboxylic acids is 1. The number of aromatic nitrogens is 4. The SMILES string of the molecule is Cc1ccccc1NC(=O)CSc1nnc2c3c4c(sc3ncn12)C[C@H](C)CC4. The first-order valence-electron chi connectivity index (χ1n) is 9.72. The summed E-state index contributed by atoms with van der Waals surface area (Å²) in [5.41, 5.74) is 4.12. The minimum absolute atomic E-state index is 0.0583. The molecule has 1 amide bonds. The Balaban J connectivity index is 1.39. The maximum Gasteiger partial charge on any atom is 0.234 e. The van der Waals surface area contributed by atoms with Gasteiger partial charge in [-0.3, -0.25) is 9.20 Å². The zero-order chi connectivity index (χ0) is 20.0. The molecule has 1 aromatic carbocycles. The topological polar surface area (TPSA) is 72.2 Å². The molecule has 3 aromatic heterocycles. The molecular weight excluding hydrogens is 402 g/mol. The van der Waals surface area contributed by atoms with Crippen LogP contribution in [0.15, 0.2) is 35.7 Å². The van der Waals surface area contributed by atoms with Gasteiger partial charge in [-0.25, -0.2) is 4.98 Å². The lowest BCUT2D eigenvalue weighted by Crippen LogP contribution is -2.15. The molecule has 0 fully saturated rings. The Morgan fingerprint density at radius 2 is 2.21 bits per heavy atom. The predicted octanol–water partition coefficient (Wildman–Crippen LogP) is 4.50. The molecule has 0 unspecified atom stereocenters. The van der Waals surface area contributed by atoms with Gasteiger partial charge in [-0.15, -0.1) is 21.5 Å². The van der Waals surface area contributed by atoms with E-state index < -0.39 is 0 Å². The number of nitrogens with zero attached hydrogens (tertiary/aromatic N) is 4. The molecule has 0 saturated heterocycles. The zero-order valence-electron chi connectivity index (χ0n) is 16.3. The van der Waals surface area contributed by atoms with E-state index in [4.69, 9.17) is 0 Å². The van der Waals surface area contributed by atoms with Crippen LogP contribution in [0.2, 0.25) is 0 Å². The van der Waals surface area contributed by atoms with Gasteiger partial charge in [-0.05, 0) is 49.3 Å². The van der Waals surface area contributed by atoms with Crippen molar-refractivity contribution in [3.05, 3.63) is 46.6 Å². The van der Waals surface area contributed by atoms with Crippen molar-refractivity contribution in [2.45, 2.75) is 38.3 Å². The standard InChI is InChI=1S/C21H21N5OS2/c1-12-7-8-14-16(9-12)29-20-18(14)19-24-25-21(26(19)11-22-20)28-10-17(27)23-15-6-4-3-5-13(15)2/h3-6,11-12H,7-10H2,1-2H3,(H,23,27)/t12-/m1/s1. The maximum atomic E-state index is 12.4. The molecule has 6 nitrogen and oxygen atoms in total. The summed E-state index contributed by atoms with van der Waals surface area (Å²) < 4.78 is 1.92. The molecule has 8 heteroatoms. The Labute approximate surface area is 176 Å². The maximum absolute atomic E-state index is 12.4. The van der Waals surface area contributed by atoms with Crippen molar-refractivity contribution in [1.29, 1.82) is 0 Å². The number of carbonyl (C=O) groups is 1. The second kappa shape index (κ2) is 7.42. The normalized spacial score (nSPS) is 16.3. The number of anilines is 1. The van der Waals surface area contributed by atoms with Gasteiger partial charge in [-0.2, -0.15) is 0 Å². The Bertz CT molecular complexity index is 1230. The molecular formula is C21H21N5OS2. The molecule has 1 aliphatic rings. The van der Waals surface area contributed by atoms with Gasteiger partial charge >= 0.3 is 0 Å². The lowest BCUT2D eigenvalue weighted by molar-refractivity contribution is -0.113. The van der Waals surface area contributed by atoms with Crippen LogP contribution in [0, 0.1) is 12.8 Å². The molecule has 0 radical (unpaired) electrons. The van der Waals surface area contributed by atoms with Gasteiger partial charge in [-0.1, -0.05) is 36.9 Å². The third-order valence-corrected chi connectivity index (χ3v) is 7.53. The van der Waals surface area contributed by atoms with E-state index in [1.54, 1.807) is 17.7 Å². The summed E-state index contributed by atoms with van der Waals surface area (Å²) in [5.74, 6) is 0.936. The second-order valence-electron chi connectivity index (χ2n) is 7.60. The number of hydrogen-bond donors (Lipinski definition) is 1. The number of nitrogens with one attached hydrogen (secondary N) is 1. The van der Waals surface area contributed by atoms with Crippen LogP contribution in [0.5, 0.6) is 0 Å². The van der Waals surface area contributed by atoms with Crippen molar-refractivity contribution in [2.75, 3.05) is 11.1 Å². The van der Waals surface area contributed by atoms with Gasteiger partial charge in [0, 0.05) is 10.6 Å². The summed E-state index contributed by atoms with van der Waals surface area (Å²) in [6, 6.07) is 7.76. The predicted molar refractivity (Wildman–Crippen MR) is 118 cm³/mol. The summed E-state index contributed by atoms with van der Waals surface area (Å²) in [5, 5.41) is 13.6. The van der Waals surface area contributed by atoms with Crippen molar-refractivity contribution in [1.82, 2.24) is 19.6 Å². The molecule has 3 heterocycles. The monoisotopic (exact) mass is 423 g/mol. The highest BCUT2D eigenvalue weighted by molar-refractivity contribution is 7.99.